The third-order valence-electron chi connectivity index (χ3n) is 2.74. The Hall–Kier alpha value is -0.880. The Morgan fingerprint density at radius 3 is 2.38 bits per heavy atom. The number of hydrogen-bond acceptors (Lipinski definition) is 4. The lowest BCUT2D eigenvalue weighted by Gasteiger charge is -2.07. The molecule has 0 spiro atoms. The van der Waals surface area contributed by atoms with Gasteiger partial charge >= 0.3 is 0 Å². The van der Waals surface area contributed by atoms with E-state index in [1.165, 1.54) is 23.9 Å². The summed E-state index contributed by atoms with van der Waals surface area (Å²) < 4.78 is 24.3. The van der Waals surface area contributed by atoms with Crippen LogP contribution in [0.5, 0.6) is 0 Å². The minimum atomic E-state index is -3.32. The minimum absolute atomic E-state index is 0.0183. The highest BCUT2D eigenvalue weighted by Gasteiger charge is 2.14. The van der Waals surface area contributed by atoms with Crippen LogP contribution in [0, 0.1) is 0 Å². The second-order valence-corrected chi connectivity index (χ2v) is 8.40. The molecule has 2 aromatic rings. The first-order valence-electron chi connectivity index (χ1n) is 6.04. The van der Waals surface area contributed by atoms with Gasteiger partial charge in [0.1, 0.15) is 0 Å². The van der Waals surface area contributed by atoms with Gasteiger partial charge < -0.3 is 5.73 Å². The monoisotopic (exact) mass is 361 g/mol. The van der Waals surface area contributed by atoms with Crippen molar-refractivity contribution in [2.24, 2.45) is 0 Å². The maximum absolute atomic E-state index is 12.2. The first-order chi connectivity index (χ1) is 9.88. The van der Waals surface area contributed by atoms with E-state index in [2.05, 4.69) is 0 Å². The van der Waals surface area contributed by atoms with Crippen molar-refractivity contribution < 1.29 is 8.42 Å². The molecule has 0 saturated carbocycles. The van der Waals surface area contributed by atoms with Gasteiger partial charge in [-0.3, -0.25) is 0 Å². The standard InChI is InChI=1S/C14H13Cl2NO2S2/c15-10-1-4-12(5-2-10)21(18,19)8-7-20-14-9-11(17)3-6-13(14)16/h1-6,9H,7-8,17H2. The molecule has 0 fully saturated rings. The van der Waals surface area contributed by atoms with E-state index >= 15 is 0 Å². The minimum Gasteiger partial charge on any atom is -0.399 e. The molecule has 0 aliphatic rings. The van der Waals surface area contributed by atoms with Crippen LogP contribution < -0.4 is 5.73 Å². The summed E-state index contributed by atoms with van der Waals surface area (Å²) in [5.41, 5.74) is 6.29. The average molecular weight is 362 g/mol. The number of benzene rings is 2. The van der Waals surface area contributed by atoms with Gasteiger partial charge in [0.15, 0.2) is 9.84 Å². The van der Waals surface area contributed by atoms with E-state index in [0.717, 1.165) is 4.90 Å². The largest absolute Gasteiger partial charge is 0.399 e. The van der Waals surface area contributed by atoms with E-state index in [-0.39, 0.29) is 10.6 Å². The molecule has 0 aromatic heterocycles. The van der Waals surface area contributed by atoms with Crippen molar-refractivity contribution in [1.29, 1.82) is 0 Å². The Morgan fingerprint density at radius 2 is 1.71 bits per heavy atom. The lowest BCUT2D eigenvalue weighted by Crippen LogP contribution is -2.08. The van der Waals surface area contributed by atoms with Gasteiger partial charge in [-0.05, 0) is 42.5 Å². The van der Waals surface area contributed by atoms with Crippen LogP contribution in [0.4, 0.5) is 5.69 Å². The van der Waals surface area contributed by atoms with Gasteiger partial charge in [-0.1, -0.05) is 23.2 Å². The number of hydrogen-bond donors (Lipinski definition) is 1. The third-order valence-corrected chi connectivity index (χ3v) is 6.48. The molecular weight excluding hydrogens is 349 g/mol. The van der Waals surface area contributed by atoms with Gasteiger partial charge in [0, 0.05) is 21.4 Å². The maximum atomic E-state index is 12.2. The Balaban J connectivity index is 2.02. The van der Waals surface area contributed by atoms with E-state index in [1.807, 2.05) is 0 Å². The molecular formula is C14H13Cl2NO2S2. The molecule has 0 atom stereocenters. The van der Waals surface area contributed by atoms with E-state index < -0.39 is 9.84 Å². The summed E-state index contributed by atoms with van der Waals surface area (Å²) in [7, 11) is -3.32. The number of halogens is 2. The van der Waals surface area contributed by atoms with Gasteiger partial charge in [-0.2, -0.15) is 0 Å². The smallest absolute Gasteiger partial charge is 0.179 e. The van der Waals surface area contributed by atoms with Gasteiger partial charge in [0.05, 0.1) is 15.7 Å². The highest BCUT2D eigenvalue weighted by molar-refractivity contribution is 8.00. The van der Waals surface area contributed by atoms with Gasteiger partial charge in [0.2, 0.25) is 0 Å². The van der Waals surface area contributed by atoms with E-state index in [0.29, 0.717) is 21.5 Å². The number of anilines is 1. The van der Waals surface area contributed by atoms with Crippen LogP contribution in [-0.2, 0) is 9.84 Å². The number of sulfone groups is 1. The SMILES string of the molecule is Nc1ccc(Cl)c(SCCS(=O)(=O)c2ccc(Cl)cc2)c1. The molecule has 0 saturated heterocycles. The molecule has 0 radical (unpaired) electrons. The van der Waals surface area contributed by atoms with Crippen molar-refractivity contribution in [3.8, 4) is 0 Å². The van der Waals surface area contributed by atoms with Crippen LogP contribution in [0.25, 0.3) is 0 Å². The fraction of sp³-hybridized carbons (Fsp3) is 0.143. The van der Waals surface area contributed by atoms with E-state index in [4.69, 9.17) is 28.9 Å². The second kappa shape index (κ2) is 6.92. The van der Waals surface area contributed by atoms with Crippen molar-refractivity contribution in [2.45, 2.75) is 9.79 Å². The molecule has 2 rings (SSSR count). The fourth-order valence-electron chi connectivity index (χ4n) is 1.65. The molecule has 21 heavy (non-hydrogen) atoms. The molecule has 0 aliphatic heterocycles. The average Bonchev–Trinajstić information content (AvgIpc) is 2.43. The Kier molecular flexibility index (Phi) is 5.43. The number of thioether (sulfide) groups is 1. The summed E-state index contributed by atoms with van der Waals surface area (Å²) in [6.45, 7) is 0. The summed E-state index contributed by atoms with van der Waals surface area (Å²) >= 11 is 13.2. The number of nitrogen functional groups attached to an aromatic ring is 1. The topological polar surface area (TPSA) is 60.2 Å². The summed E-state index contributed by atoms with van der Waals surface area (Å²) in [4.78, 5) is 1.05. The normalized spacial score (nSPS) is 11.5. The molecule has 7 heteroatoms. The summed E-state index contributed by atoms with van der Waals surface area (Å²) in [5, 5.41) is 1.08. The highest BCUT2D eigenvalue weighted by Crippen LogP contribution is 2.29. The zero-order chi connectivity index (χ0) is 15.5. The zero-order valence-corrected chi connectivity index (χ0v) is 14.1. The lowest BCUT2D eigenvalue weighted by atomic mass is 10.3. The van der Waals surface area contributed by atoms with Crippen molar-refractivity contribution in [3.63, 3.8) is 0 Å². The molecule has 0 amide bonds. The molecule has 2 aromatic carbocycles. The summed E-state index contributed by atoms with van der Waals surface area (Å²) in [6.07, 6.45) is 0. The molecule has 2 N–H and O–H groups in total. The van der Waals surface area contributed by atoms with Gasteiger partial charge in [0.25, 0.3) is 0 Å². The van der Waals surface area contributed by atoms with Crippen molar-refractivity contribution in [3.05, 3.63) is 52.5 Å². The fourth-order valence-corrected chi connectivity index (χ4v) is 4.70. The molecule has 0 bridgehead atoms. The van der Waals surface area contributed by atoms with E-state index in [1.54, 1.807) is 30.3 Å². The van der Waals surface area contributed by atoms with Crippen molar-refractivity contribution in [2.75, 3.05) is 17.2 Å². The predicted octanol–water partition coefficient (Wildman–Crippen LogP) is 4.14. The summed E-state index contributed by atoms with van der Waals surface area (Å²) in [5.74, 6) is 0.415. The molecule has 0 aliphatic carbocycles. The third kappa shape index (κ3) is 4.54. The van der Waals surface area contributed by atoms with Gasteiger partial charge in [-0.15, -0.1) is 11.8 Å². The molecule has 3 nitrogen and oxygen atoms in total. The molecule has 112 valence electrons. The zero-order valence-electron chi connectivity index (χ0n) is 10.9. The van der Waals surface area contributed by atoms with Gasteiger partial charge in [-0.25, -0.2) is 8.42 Å². The molecule has 0 unspecified atom stereocenters. The highest BCUT2D eigenvalue weighted by atomic mass is 35.5. The number of rotatable bonds is 5. The maximum Gasteiger partial charge on any atom is 0.179 e. The molecule has 0 heterocycles. The van der Waals surface area contributed by atoms with Crippen molar-refractivity contribution >= 4 is 50.5 Å². The number of nitrogens with two attached hydrogens (primary N) is 1. The van der Waals surface area contributed by atoms with Crippen LogP contribution in [0.1, 0.15) is 0 Å². The predicted molar refractivity (Wildman–Crippen MR) is 90.1 cm³/mol. The first kappa shape index (κ1) is 16.5. The summed E-state index contributed by atoms with van der Waals surface area (Å²) in [6, 6.07) is 11.3. The Morgan fingerprint density at radius 1 is 1.05 bits per heavy atom. The lowest BCUT2D eigenvalue weighted by molar-refractivity contribution is 0.597. The van der Waals surface area contributed by atoms with Crippen LogP contribution in [0.15, 0.2) is 52.3 Å². The Labute approximate surface area is 138 Å². The quantitative estimate of drug-likeness (QED) is 0.641. The Bertz CT molecular complexity index is 731. The van der Waals surface area contributed by atoms with Crippen LogP contribution in [0.3, 0.4) is 0 Å². The van der Waals surface area contributed by atoms with Crippen molar-refractivity contribution in [1.82, 2.24) is 0 Å². The first-order valence-corrected chi connectivity index (χ1v) is 9.44. The van der Waals surface area contributed by atoms with Crippen LogP contribution in [-0.4, -0.2) is 19.9 Å². The van der Waals surface area contributed by atoms with E-state index in [9.17, 15) is 8.42 Å². The van der Waals surface area contributed by atoms with Crippen LogP contribution >= 0.6 is 35.0 Å². The van der Waals surface area contributed by atoms with Crippen LogP contribution in [0.2, 0.25) is 10.0 Å². The second-order valence-electron chi connectivity index (χ2n) is 4.31.